The summed E-state index contributed by atoms with van der Waals surface area (Å²) in [5.74, 6) is 0.156. The summed E-state index contributed by atoms with van der Waals surface area (Å²) in [5.41, 5.74) is 1.39. The normalized spacial score (nSPS) is 13.9. The summed E-state index contributed by atoms with van der Waals surface area (Å²) >= 11 is 6.65. The van der Waals surface area contributed by atoms with Crippen molar-refractivity contribution in [3.63, 3.8) is 0 Å². The van der Waals surface area contributed by atoms with Crippen LogP contribution in [0.3, 0.4) is 0 Å². The van der Waals surface area contributed by atoms with Gasteiger partial charge in [-0.3, -0.25) is 4.79 Å². The summed E-state index contributed by atoms with van der Waals surface area (Å²) in [7, 11) is 0. The zero-order valence-electron chi connectivity index (χ0n) is 10.8. The Morgan fingerprint density at radius 3 is 2.71 bits per heavy atom. The molecule has 0 aliphatic carbocycles. The average molecular weight is 415 g/mol. The van der Waals surface area contributed by atoms with Gasteiger partial charge in [0.2, 0.25) is 0 Å². The first-order valence-corrected chi connectivity index (χ1v) is 7.79. The van der Waals surface area contributed by atoms with Crippen LogP contribution >= 0.6 is 31.9 Å². The van der Waals surface area contributed by atoms with E-state index in [4.69, 9.17) is 4.74 Å². The monoisotopic (exact) mass is 413 g/mol. The number of benzene rings is 2. The van der Waals surface area contributed by atoms with E-state index in [1.807, 2.05) is 12.1 Å². The molecular formula is C15H10Br2FNO2. The number of hydrogen-bond acceptors (Lipinski definition) is 2. The zero-order valence-corrected chi connectivity index (χ0v) is 13.9. The highest BCUT2D eigenvalue weighted by Gasteiger charge is 2.26. The van der Waals surface area contributed by atoms with Gasteiger partial charge in [-0.1, -0.05) is 31.9 Å². The van der Waals surface area contributed by atoms with Crippen LogP contribution in [0.1, 0.15) is 5.56 Å². The molecule has 0 saturated heterocycles. The molecular weight excluding hydrogens is 405 g/mol. The molecule has 0 unspecified atom stereocenters. The Hall–Kier alpha value is -1.40. The van der Waals surface area contributed by atoms with E-state index in [2.05, 4.69) is 31.9 Å². The fourth-order valence-corrected chi connectivity index (χ4v) is 3.10. The van der Waals surface area contributed by atoms with Gasteiger partial charge in [-0.2, -0.15) is 0 Å². The first-order valence-electron chi connectivity index (χ1n) is 6.20. The maximum Gasteiger partial charge on any atom is 0.265 e. The highest BCUT2D eigenvalue weighted by atomic mass is 79.9. The van der Waals surface area contributed by atoms with Gasteiger partial charge < -0.3 is 9.64 Å². The van der Waals surface area contributed by atoms with Crippen molar-refractivity contribution in [1.29, 1.82) is 0 Å². The van der Waals surface area contributed by atoms with Crippen LogP contribution < -0.4 is 9.64 Å². The van der Waals surface area contributed by atoms with Crippen molar-refractivity contribution in [2.24, 2.45) is 0 Å². The van der Waals surface area contributed by atoms with Gasteiger partial charge in [-0.15, -0.1) is 0 Å². The van der Waals surface area contributed by atoms with Crippen molar-refractivity contribution in [3.05, 3.63) is 56.7 Å². The van der Waals surface area contributed by atoms with Crippen LogP contribution in [0.15, 0.2) is 45.3 Å². The Morgan fingerprint density at radius 2 is 1.95 bits per heavy atom. The minimum absolute atomic E-state index is 0.00881. The topological polar surface area (TPSA) is 29.5 Å². The Kier molecular flexibility index (Phi) is 3.99. The van der Waals surface area contributed by atoms with Crippen LogP contribution in [0.2, 0.25) is 0 Å². The molecule has 1 aliphatic rings. The van der Waals surface area contributed by atoms with Crippen molar-refractivity contribution in [1.82, 2.24) is 0 Å². The van der Waals surface area contributed by atoms with Crippen molar-refractivity contribution in [2.45, 2.75) is 6.54 Å². The Bertz CT molecular complexity index is 701. The molecule has 0 bridgehead atoms. The molecule has 3 rings (SSSR count). The lowest BCUT2D eigenvalue weighted by atomic mass is 10.1. The van der Waals surface area contributed by atoms with Gasteiger partial charge in [0.15, 0.2) is 6.61 Å². The Labute approximate surface area is 138 Å². The molecule has 0 aromatic heterocycles. The van der Waals surface area contributed by atoms with Gasteiger partial charge in [-0.05, 0) is 42.0 Å². The fourth-order valence-electron chi connectivity index (χ4n) is 2.23. The van der Waals surface area contributed by atoms with Gasteiger partial charge in [0.05, 0.1) is 12.2 Å². The number of fused-ring (bicyclic) bond motifs is 1. The molecule has 0 spiro atoms. The first-order chi connectivity index (χ1) is 10.0. The van der Waals surface area contributed by atoms with Gasteiger partial charge in [0.1, 0.15) is 11.6 Å². The third-order valence-corrected chi connectivity index (χ3v) is 4.08. The lowest BCUT2D eigenvalue weighted by Crippen LogP contribution is -2.38. The number of nitrogens with zero attached hydrogens (tertiary/aromatic N) is 1. The molecule has 0 fully saturated rings. The van der Waals surface area contributed by atoms with Gasteiger partial charge >= 0.3 is 0 Å². The quantitative estimate of drug-likeness (QED) is 0.734. The van der Waals surface area contributed by atoms with E-state index in [-0.39, 0.29) is 18.3 Å². The number of carbonyl (C=O) groups is 1. The van der Waals surface area contributed by atoms with Crippen LogP contribution in [0.4, 0.5) is 10.1 Å². The molecule has 1 heterocycles. The summed E-state index contributed by atoms with van der Waals surface area (Å²) in [6, 6.07) is 10.1. The molecule has 108 valence electrons. The molecule has 1 amide bonds. The molecule has 0 saturated carbocycles. The SMILES string of the molecule is O=C1COc2ccc(Br)cc2N1Cc1cc(F)cc(Br)c1. The molecule has 3 nitrogen and oxygen atoms in total. The number of carbonyl (C=O) groups excluding carboxylic acids is 1. The van der Waals surface area contributed by atoms with E-state index in [1.54, 1.807) is 17.0 Å². The number of ether oxygens (including phenoxy) is 1. The summed E-state index contributed by atoms with van der Waals surface area (Å²) < 4.78 is 20.4. The standard InChI is InChI=1S/C15H10Br2FNO2/c16-10-1-2-14-13(6-10)19(15(20)8-21-14)7-9-3-11(17)5-12(18)4-9/h1-6H,7-8H2. The maximum absolute atomic E-state index is 13.5. The van der Waals surface area contributed by atoms with Gasteiger partial charge in [-0.25, -0.2) is 4.39 Å². The molecule has 1 aliphatic heterocycles. The minimum Gasteiger partial charge on any atom is -0.482 e. The average Bonchev–Trinajstić information content (AvgIpc) is 2.41. The lowest BCUT2D eigenvalue weighted by Gasteiger charge is -2.29. The molecule has 0 N–H and O–H groups in total. The van der Waals surface area contributed by atoms with Crippen molar-refractivity contribution in [2.75, 3.05) is 11.5 Å². The van der Waals surface area contributed by atoms with Gasteiger partial charge in [0, 0.05) is 8.95 Å². The third kappa shape index (κ3) is 3.11. The maximum atomic E-state index is 13.5. The summed E-state index contributed by atoms with van der Waals surface area (Å²) in [5, 5.41) is 0. The predicted octanol–water partition coefficient (Wildman–Crippen LogP) is 4.28. The van der Waals surface area contributed by atoms with E-state index >= 15 is 0 Å². The Morgan fingerprint density at radius 1 is 1.14 bits per heavy atom. The van der Waals surface area contributed by atoms with Crippen LogP contribution in [-0.2, 0) is 11.3 Å². The predicted molar refractivity (Wildman–Crippen MR) is 84.9 cm³/mol. The third-order valence-electron chi connectivity index (χ3n) is 3.13. The molecule has 2 aromatic rings. The second kappa shape index (κ2) is 5.77. The summed E-state index contributed by atoms with van der Waals surface area (Å²) in [4.78, 5) is 13.7. The molecule has 2 aromatic carbocycles. The molecule has 21 heavy (non-hydrogen) atoms. The lowest BCUT2D eigenvalue weighted by molar-refractivity contribution is -0.121. The molecule has 6 heteroatoms. The van der Waals surface area contributed by atoms with Crippen molar-refractivity contribution >= 4 is 43.5 Å². The van der Waals surface area contributed by atoms with Gasteiger partial charge in [0.25, 0.3) is 5.91 Å². The number of hydrogen-bond donors (Lipinski definition) is 0. The van der Waals surface area contributed by atoms with Crippen molar-refractivity contribution < 1.29 is 13.9 Å². The summed E-state index contributed by atoms with van der Waals surface area (Å²) in [6.45, 7) is 0.285. The zero-order chi connectivity index (χ0) is 15.0. The number of anilines is 1. The van der Waals surface area contributed by atoms with Crippen LogP contribution in [0.5, 0.6) is 5.75 Å². The first kappa shape index (κ1) is 14.5. The molecule has 0 radical (unpaired) electrons. The van der Waals surface area contributed by atoms with Crippen molar-refractivity contribution in [3.8, 4) is 5.75 Å². The largest absolute Gasteiger partial charge is 0.482 e. The second-order valence-electron chi connectivity index (χ2n) is 4.66. The minimum atomic E-state index is -0.338. The molecule has 0 atom stereocenters. The summed E-state index contributed by atoms with van der Waals surface area (Å²) in [6.07, 6.45) is 0. The van der Waals surface area contributed by atoms with E-state index in [0.717, 1.165) is 4.47 Å². The number of rotatable bonds is 2. The van der Waals surface area contributed by atoms with E-state index < -0.39 is 0 Å². The van der Waals surface area contributed by atoms with E-state index in [0.29, 0.717) is 28.0 Å². The van der Waals surface area contributed by atoms with E-state index in [1.165, 1.54) is 12.1 Å². The van der Waals surface area contributed by atoms with Crippen LogP contribution in [0, 0.1) is 5.82 Å². The number of amides is 1. The highest BCUT2D eigenvalue weighted by molar-refractivity contribution is 9.10. The van der Waals surface area contributed by atoms with E-state index in [9.17, 15) is 9.18 Å². The smallest absolute Gasteiger partial charge is 0.265 e. The number of halogens is 3. The highest BCUT2D eigenvalue weighted by Crippen LogP contribution is 2.35. The fraction of sp³-hybridized carbons (Fsp3) is 0.133. The second-order valence-corrected chi connectivity index (χ2v) is 6.49. The van der Waals surface area contributed by atoms with Crippen LogP contribution in [-0.4, -0.2) is 12.5 Å². The van der Waals surface area contributed by atoms with Crippen LogP contribution in [0.25, 0.3) is 0 Å². The Balaban J connectivity index is 1.98.